The van der Waals surface area contributed by atoms with E-state index in [4.69, 9.17) is 4.74 Å². The number of hydrogen-bond acceptors (Lipinski definition) is 3. The smallest absolute Gasteiger partial charge is 0.416 e. The van der Waals surface area contributed by atoms with Crippen molar-refractivity contribution in [1.29, 1.82) is 0 Å². The molecule has 1 aliphatic rings. The van der Waals surface area contributed by atoms with Gasteiger partial charge >= 0.3 is 6.18 Å². The predicted octanol–water partition coefficient (Wildman–Crippen LogP) is 6.73. The number of carbonyl (C=O) groups is 1. The van der Waals surface area contributed by atoms with Gasteiger partial charge in [-0.25, -0.2) is 0 Å². The van der Waals surface area contributed by atoms with Crippen LogP contribution in [0.15, 0.2) is 78.9 Å². The molecule has 0 radical (unpaired) electrons. The zero-order valence-corrected chi connectivity index (χ0v) is 22.1. The Morgan fingerprint density at radius 1 is 1.00 bits per heavy atom. The van der Waals surface area contributed by atoms with E-state index < -0.39 is 11.7 Å². The number of likely N-dealkylation sites (tertiary alicyclic amines) is 1. The highest BCUT2D eigenvalue weighted by Crippen LogP contribution is 2.36. The van der Waals surface area contributed by atoms with Gasteiger partial charge < -0.3 is 9.64 Å². The Kier molecular flexibility index (Phi) is 8.77. The molecule has 7 heteroatoms. The molecule has 1 fully saturated rings. The molecule has 38 heavy (non-hydrogen) atoms. The highest BCUT2D eigenvalue weighted by molar-refractivity contribution is 5.94. The van der Waals surface area contributed by atoms with Crippen molar-refractivity contribution in [3.63, 3.8) is 0 Å². The van der Waals surface area contributed by atoms with Crippen molar-refractivity contribution in [3.8, 4) is 5.75 Å². The largest absolute Gasteiger partial charge is 0.497 e. The summed E-state index contributed by atoms with van der Waals surface area (Å²) in [6.45, 7) is 7.48. The molecule has 1 aliphatic heterocycles. The number of alkyl halides is 3. The summed E-state index contributed by atoms with van der Waals surface area (Å²) in [6.07, 6.45) is -4.35. The maximum atomic E-state index is 13.5. The first kappa shape index (κ1) is 27.7. The second-order valence-electron chi connectivity index (χ2n) is 10.5. The zero-order valence-electron chi connectivity index (χ0n) is 22.1. The molecule has 2 unspecified atom stereocenters. The van der Waals surface area contributed by atoms with Crippen LogP contribution in [0.2, 0.25) is 0 Å². The van der Waals surface area contributed by atoms with Crippen molar-refractivity contribution in [3.05, 3.63) is 101 Å². The van der Waals surface area contributed by atoms with Gasteiger partial charge in [0.2, 0.25) is 0 Å². The Hall–Kier alpha value is -3.32. The second kappa shape index (κ2) is 12.0. The SMILES string of the molecule is COc1cccc(C2CN(Cc3ccc(C(F)(F)F)cc3)CC2CN(CC(C)C)C(=O)c2ccccc2)c1. The first-order chi connectivity index (χ1) is 18.1. The van der Waals surface area contributed by atoms with Gasteiger partial charge in [-0.2, -0.15) is 13.2 Å². The lowest BCUT2D eigenvalue weighted by Crippen LogP contribution is -2.39. The number of rotatable bonds is 9. The number of methoxy groups -OCH3 is 1. The molecular formula is C31H35F3N2O2. The van der Waals surface area contributed by atoms with Crippen LogP contribution in [0.25, 0.3) is 0 Å². The average Bonchev–Trinajstić information content (AvgIpc) is 3.30. The quantitative estimate of drug-likeness (QED) is 0.311. The molecule has 4 rings (SSSR count). The van der Waals surface area contributed by atoms with Crippen molar-refractivity contribution in [2.45, 2.75) is 32.5 Å². The van der Waals surface area contributed by atoms with E-state index in [2.05, 4.69) is 24.8 Å². The molecule has 0 bridgehead atoms. The van der Waals surface area contributed by atoms with Crippen LogP contribution in [-0.2, 0) is 12.7 Å². The minimum Gasteiger partial charge on any atom is -0.497 e. The van der Waals surface area contributed by atoms with Crippen molar-refractivity contribution < 1.29 is 22.7 Å². The third-order valence-corrected chi connectivity index (χ3v) is 7.07. The minimum atomic E-state index is -4.35. The fourth-order valence-electron chi connectivity index (χ4n) is 5.31. The Bertz CT molecular complexity index is 1200. The van der Waals surface area contributed by atoms with Crippen LogP contribution in [0.5, 0.6) is 5.75 Å². The Balaban J connectivity index is 1.58. The monoisotopic (exact) mass is 524 g/mol. The molecule has 0 spiro atoms. The van der Waals surface area contributed by atoms with E-state index >= 15 is 0 Å². The van der Waals surface area contributed by atoms with Crippen molar-refractivity contribution >= 4 is 5.91 Å². The fraction of sp³-hybridized carbons (Fsp3) is 0.387. The number of halogens is 3. The fourth-order valence-corrected chi connectivity index (χ4v) is 5.31. The Morgan fingerprint density at radius 3 is 2.34 bits per heavy atom. The topological polar surface area (TPSA) is 32.8 Å². The summed E-state index contributed by atoms with van der Waals surface area (Å²) in [5.74, 6) is 1.41. The lowest BCUT2D eigenvalue weighted by molar-refractivity contribution is -0.137. The summed E-state index contributed by atoms with van der Waals surface area (Å²) >= 11 is 0. The Morgan fingerprint density at radius 2 is 1.71 bits per heavy atom. The molecule has 1 amide bonds. The molecule has 1 heterocycles. The maximum Gasteiger partial charge on any atom is 0.416 e. The predicted molar refractivity (Wildman–Crippen MR) is 143 cm³/mol. The van der Waals surface area contributed by atoms with E-state index in [1.807, 2.05) is 53.4 Å². The van der Waals surface area contributed by atoms with Crippen molar-refractivity contribution in [2.75, 3.05) is 33.3 Å². The number of hydrogen-bond donors (Lipinski definition) is 0. The summed E-state index contributed by atoms with van der Waals surface area (Å²) in [4.78, 5) is 17.7. The molecular weight excluding hydrogens is 489 g/mol. The van der Waals surface area contributed by atoms with Crippen LogP contribution in [0.3, 0.4) is 0 Å². The van der Waals surface area contributed by atoms with E-state index in [-0.39, 0.29) is 17.7 Å². The molecule has 3 aromatic carbocycles. The van der Waals surface area contributed by atoms with Crippen molar-refractivity contribution in [2.24, 2.45) is 11.8 Å². The number of carbonyl (C=O) groups excluding carboxylic acids is 1. The van der Waals surface area contributed by atoms with Gasteiger partial charge in [-0.3, -0.25) is 9.69 Å². The third kappa shape index (κ3) is 6.95. The van der Waals surface area contributed by atoms with E-state index in [0.717, 1.165) is 42.1 Å². The molecule has 0 aromatic heterocycles. The third-order valence-electron chi connectivity index (χ3n) is 7.07. The first-order valence-electron chi connectivity index (χ1n) is 13.0. The van der Waals surface area contributed by atoms with Gasteiger partial charge in [0.15, 0.2) is 0 Å². The van der Waals surface area contributed by atoms with Gasteiger partial charge in [0.05, 0.1) is 12.7 Å². The highest BCUT2D eigenvalue weighted by Gasteiger charge is 2.36. The number of benzene rings is 3. The molecule has 0 saturated carbocycles. The standard InChI is InChI=1S/C31H35F3N2O2/c1-22(2)17-36(30(37)24-8-5-4-6-9-24)20-26-19-35(18-23-12-14-27(15-13-23)31(32,33)34)21-29(26)25-10-7-11-28(16-25)38-3/h4-16,22,26,29H,17-21H2,1-3H3. The van der Waals surface area contributed by atoms with E-state index in [1.165, 1.54) is 0 Å². The number of nitrogens with zero attached hydrogens (tertiary/aromatic N) is 2. The van der Waals surface area contributed by atoms with Crippen LogP contribution in [-0.4, -0.2) is 49.0 Å². The maximum absolute atomic E-state index is 13.5. The molecule has 202 valence electrons. The van der Waals surface area contributed by atoms with E-state index in [9.17, 15) is 18.0 Å². The molecule has 4 nitrogen and oxygen atoms in total. The lowest BCUT2D eigenvalue weighted by atomic mass is 9.88. The summed E-state index contributed by atoms with van der Waals surface area (Å²) in [5.41, 5.74) is 2.01. The summed E-state index contributed by atoms with van der Waals surface area (Å²) in [6, 6.07) is 22.8. The van der Waals surface area contributed by atoms with Gasteiger partial charge in [-0.1, -0.05) is 56.3 Å². The van der Waals surface area contributed by atoms with Crippen LogP contribution in [0, 0.1) is 11.8 Å². The minimum absolute atomic E-state index is 0.0184. The summed E-state index contributed by atoms with van der Waals surface area (Å²) < 4.78 is 44.5. The number of amides is 1. The summed E-state index contributed by atoms with van der Waals surface area (Å²) in [7, 11) is 1.64. The Labute approximate surface area is 223 Å². The van der Waals surface area contributed by atoms with E-state index in [1.54, 1.807) is 19.2 Å². The van der Waals surface area contributed by atoms with Gasteiger partial charge in [0.1, 0.15) is 5.75 Å². The molecule has 0 aliphatic carbocycles. The van der Waals surface area contributed by atoms with Gasteiger partial charge in [0.25, 0.3) is 5.91 Å². The average molecular weight is 525 g/mol. The molecule has 2 atom stereocenters. The van der Waals surface area contributed by atoms with Gasteiger partial charge in [0, 0.05) is 44.2 Å². The highest BCUT2D eigenvalue weighted by atomic mass is 19.4. The molecule has 1 saturated heterocycles. The zero-order chi connectivity index (χ0) is 27.3. The second-order valence-corrected chi connectivity index (χ2v) is 10.5. The first-order valence-corrected chi connectivity index (χ1v) is 13.0. The van der Waals surface area contributed by atoms with Gasteiger partial charge in [-0.15, -0.1) is 0 Å². The van der Waals surface area contributed by atoms with Gasteiger partial charge in [-0.05, 0) is 59.4 Å². The van der Waals surface area contributed by atoms with E-state index in [0.29, 0.717) is 31.1 Å². The lowest BCUT2D eigenvalue weighted by Gasteiger charge is -2.30. The van der Waals surface area contributed by atoms with Crippen LogP contribution in [0.1, 0.15) is 46.8 Å². The molecule has 0 N–H and O–H groups in total. The molecule has 3 aromatic rings. The van der Waals surface area contributed by atoms with Crippen LogP contribution < -0.4 is 4.74 Å². The van der Waals surface area contributed by atoms with Crippen molar-refractivity contribution in [1.82, 2.24) is 9.80 Å². The summed E-state index contributed by atoms with van der Waals surface area (Å²) in [5, 5.41) is 0. The van der Waals surface area contributed by atoms with Crippen LogP contribution in [0.4, 0.5) is 13.2 Å². The number of ether oxygens (including phenoxy) is 1. The normalized spacial score (nSPS) is 18.1. The van der Waals surface area contributed by atoms with Crippen LogP contribution >= 0.6 is 0 Å².